The molecule has 1 aliphatic carbocycles. The van der Waals surface area contributed by atoms with Crippen molar-refractivity contribution in [2.75, 3.05) is 6.61 Å². The maximum atomic E-state index is 5.97. The second kappa shape index (κ2) is 5.59. The van der Waals surface area contributed by atoms with Crippen molar-refractivity contribution in [3.05, 3.63) is 11.7 Å². The Morgan fingerprint density at radius 2 is 2.05 bits per heavy atom. The molecule has 19 heavy (non-hydrogen) atoms. The first-order valence-corrected chi connectivity index (χ1v) is 7.21. The minimum Gasteiger partial charge on any atom is -0.367 e. The molecular weight excluding hydrogens is 242 g/mol. The highest BCUT2D eigenvalue weighted by atomic mass is 16.5. The number of aromatic nitrogens is 2. The van der Waals surface area contributed by atoms with Gasteiger partial charge < -0.3 is 15.0 Å². The molecule has 0 bridgehead atoms. The Balaban J connectivity index is 2.06. The zero-order valence-corrected chi connectivity index (χ0v) is 12.2. The molecule has 0 radical (unpaired) electrons. The summed E-state index contributed by atoms with van der Waals surface area (Å²) >= 11 is 0. The summed E-state index contributed by atoms with van der Waals surface area (Å²) in [6, 6.07) is 0. The van der Waals surface area contributed by atoms with Crippen LogP contribution in [-0.4, -0.2) is 22.3 Å². The molecule has 5 heteroatoms. The zero-order chi connectivity index (χ0) is 13.9. The van der Waals surface area contributed by atoms with Gasteiger partial charge in [0.15, 0.2) is 0 Å². The van der Waals surface area contributed by atoms with Crippen LogP contribution >= 0.6 is 0 Å². The molecule has 0 saturated heterocycles. The molecule has 1 aliphatic rings. The summed E-state index contributed by atoms with van der Waals surface area (Å²) < 4.78 is 11.3. The van der Waals surface area contributed by atoms with Gasteiger partial charge in [-0.3, -0.25) is 0 Å². The summed E-state index contributed by atoms with van der Waals surface area (Å²) in [6.45, 7) is 6.70. The van der Waals surface area contributed by atoms with Gasteiger partial charge in [-0.15, -0.1) is 0 Å². The molecule has 2 N–H and O–H groups in total. The van der Waals surface area contributed by atoms with Gasteiger partial charge >= 0.3 is 0 Å². The van der Waals surface area contributed by atoms with Crippen LogP contribution in [0, 0.1) is 0 Å². The third kappa shape index (κ3) is 3.54. The fraction of sp³-hybridized carbons (Fsp3) is 0.857. The van der Waals surface area contributed by atoms with Crippen LogP contribution in [0.1, 0.15) is 64.6 Å². The molecule has 0 aromatic carbocycles. The van der Waals surface area contributed by atoms with Crippen molar-refractivity contribution in [3.8, 4) is 0 Å². The third-order valence-electron chi connectivity index (χ3n) is 3.69. The van der Waals surface area contributed by atoms with Gasteiger partial charge in [-0.1, -0.05) is 5.16 Å². The summed E-state index contributed by atoms with van der Waals surface area (Å²) in [4.78, 5) is 4.53. The van der Waals surface area contributed by atoms with Crippen LogP contribution in [-0.2, 0) is 16.8 Å². The van der Waals surface area contributed by atoms with Gasteiger partial charge in [0.1, 0.15) is 5.60 Å². The lowest BCUT2D eigenvalue weighted by molar-refractivity contribution is -0.0469. The van der Waals surface area contributed by atoms with Crippen molar-refractivity contribution in [3.63, 3.8) is 0 Å². The predicted octanol–water partition coefficient (Wildman–Crippen LogP) is 2.55. The lowest BCUT2D eigenvalue weighted by atomic mass is 10.00. The maximum Gasteiger partial charge on any atom is 0.226 e. The lowest BCUT2D eigenvalue weighted by Gasteiger charge is -2.24. The minimum absolute atomic E-state index is 0.209. The first kappa shape index (κ1) is 14.5. The zero-order valence-electron chi connectivity index (χ0n) is 12.2. The Morgan fingerprint density at radius 1 is 1.37 bits per heavy atom. The molecule has 108 valence electrons. The Bertz CT molecular complexity index is 403. The van der Waals surface area contributed by atoms with Gasteiger partial charge in [-0.2, -0.15) is 4.98 Å². The number of nitrogens with zero attached hydrogens (tertiary/aromatic N) is 2. The lowest BCUT2D eigenvalue weighted by Crippen LogP contribution is -2.32. The summed E-state index contributed by atoms with van der Waals surface area (Å²) in [5.74, 6) is 1.39. The second-order valence-corrected chi connectivity index (χ2v) is 6.13. The highest BCUT2D eigenvalue weighted by Gasteiger charge is 2.40. The molecule has 0 amide bonds. The van der Waals surface area contributed by atoms with Crippen LogP contribution in [0.4, 0.5) is 0 Å². The van der Waals surface area contributed by atoms with Gasteiger partial charge in [-0.25, -0.2) is 0 Å². The van der Waals surface area contributed by atoms with Gasteiger partial charge in [-0.05, 0) is 52.9 Å². The Labute approximate surface area is 114 Å². The summed E-state index contributed by atoms with van der Waals surface area (Å²) in [6.07, 6.45) is 5.86. The average molecular weight is 267 g/mol. The number of hydrogen-bond acceptors (Lipinski definition) is 5. The van der Waals surface area contributed by atoms with E-state index in [0.29, 0.717) is 12.5 Å². The summed E-state index contributed by atoms with van der Waals surface area (Å²) in [5, 5.41) is 4.14. The first-order valence-electron chi connectivity index (χ1n) is 7.21. The summed E-state index contributed by atoms with van der Waals surface area (Å²) in [7, 11) is 0. The van der Waals surface area contributed by atoms with Gasteiger partial charge in [0, 0.05) is 18.6 Å². The second-order valence-electron chi connectivity index (χ2n) is 6.13. The normalized spacial score (nSPS) is 18.9. The molecular formula is C14H25N3O2. The van der Waals surface area contributed by atoms with E-state index < -0.39 is 0 Å². The molecule has 1 aromatic heterocycles. The van der Waals surface area contributed by atoms with E-state index in [0.717, 1.165) is 31.5 Å². The van der Waals surface area contributed by atoms with E-state index in [4.69, 9.17) is 15.0 Å². The first-order chi connectivity index (χ1) is 8.95. The van der Waals surface area contributed by atoms with E-state index in [9.17, 15) is 0 Å². The Kier molecular flexibility index (Phi) is 4.26. The van der Waals surface area contributed by atoms with Crippen molar-refractivity contribution in [2.24, 2.45) is 5.73 Å². The van der Waals surface area contributed by atoms with Crippen LogP contribution in [0.2, 0.25) is 0 Å². The topological polar surface area (TPSA) is 74.2 Å². The van der Waals surface area contributed by atoms with Crippen molar-refractivity contribution in [1.82, 2.24) is 10.1 Å². The van der Waals surface area contributed by atoms with E-state index in [2.05, 4.69) is 10.1 Å². The molecule has 1 heterocycles. The number of aryl methyl sites for hydroxylation is 1. The molecule has 0 spiro atoms. The Morgan fingerprint density at radius 3 is 2.63 bits per heavy atom. The fourth-order valence-corrected chi connectivity index (χ4v) is 2.63. The van der Waals surface area contributed by atoms with Gasteiger partial charge in [0.2, 0.25) is 11.7 Å². The van der Waals surface area contributed by atoms with Crippen LogP contribution in [0.25, 0.3) is 0 Å². The molecule has 5 nitrogen and oxygen atoms in total. The number of hydrogen-bond donors (Lipinski definition) is 1. The molecule has 1 fully saturated rings. The van der Waals surface area contributed by atoms with E-state index >= 15 is 0 Å². The average Bonchev–Trinajstić information content (AvgIpc) is 2.94. The molecule has 0 unspecified atom stereocenters. The smallest absolute Gasteiger partial charge is 0.226 e. The van der Waals surface area contributed by atoms with Crippen molar-refractivity contribution >= 4 is 0 Å². The standard InChI is InChI=1S/C14H25N3O2/c1-4-18-14(8-5-6-9-14)12-16-11(19-17-12)7-10-13(2,3)15/h4-10,15H2,1-3H3. The van der Waals surface area contributed by atoms with Gasteiger partial charge in [0.25, 0.3) is 0 Å². The molecule has 1 aromatic rings. The Hall–Kier alpha value is -0.940. The van der Waals surface area contributed by atoms with E-state index in [-0.39, 0.29) is 11.1 Å². The maximum absolute atomic E-state index is 5.97. The predicted molar refractivity (Wildman–Crippen MR) is 72.7 cm³/mol. The van der Waals surface area contributed by atoms with Crippen molar-refractivity contribution in [2.45, 2.75) is 70.4 Å². The summed E-state index contributed by atoms with van der Waals surface area (Å²) in [5.41, 5.74) is 5.45. The van der Waals surface area contributed by atoms with Crippen LogP contribution < -0.4 is 5.73 Å². The highest BCUT2D eigenvalue weighted by molar-refractivity contribution is 5.04. The monoisotopic (exact) mass is 267 g/mol. The third-order valence-corrected chi connectivity index (χ3v) is 3.69. The van der Waals surface area contributed by atoms with E-state index in [1.807, 2.05) is 20.8 Å². The number of nitrogens with two attached hydrogens (primary N) is 1. The quantitative estimate of drug-likeness (QED) is 0.857. The molecule has 1 saturated carbocycles. The number of ether oxygens (including phenoxy) is 1. The highest BCUT2D eigenvalue weighted by Crippen LogP contribution is 2.40. The minimum atomic E-state index is -0.311. The van der Waals surface area contributed by atoms with E-state index in [1.165, 1.54) is 12.8 Å². The molecule has 2 rings (SSSR count). The van der Waals surface area contributed by atoms with Crippen molar-refractivity contribution < 1.29 is 9.26 Å². The van der Waals surface area contributed by atoms with Crippen LogP contribution in [0.5, 0.6) is 0 Å². The number of rotatable bonds is 6. The fourth-order valence-electron chi connectivity index (χ4n) is 2.63. The van der Waals surface area contributed by atoms with Crippen molar-refractivity contribution in [1.29, 1.82) is 0 Å². The van der Waals surface area contributed by atoms with Crippen LogP contribution in [0.3, 0.4) is 0 Å². The SMILES string of the molecule is CCOC1(c2noc(CCC(C)(C)N)n2)CCCC1. The largest absolute Gasteiger partial charge is 0.367 e. The van der Waals surface area contributed by atoms with Crippen LogP contribution in [0.15, 0.2) is 4.52 Å². The molecule has 0 atom stereocenters. The van der Waals surface area contributed by atoms with E-state index in [1.54, 1.807) is 0 Å². The van der Waals surface area contributed by atoms with Gasteiger partial charge in [0.05, 0.1) is 0 Å². The molecule has 0 aliphatic heterocycles.